The molecule has 2 rings (SSSR count). The molecule has 104 valence electrons. The van der Waals surface area contributed by atoms with E-state index in [1.54, 1.807) is 10.7 Å². The first-order valence-electron chi connectivity index (χ1n) is 6.76. The van der Waals surface area contributed by atoms with Crippen LogP contribution in [0.3, 0.4) is 0 Å². The van der Waals surface area contributed by atoms with Crippen LogP contribution in [0.5, 0.6) is 0 Å². The summed E-state index contributed by atoms with van der Waals surface area (Å²) in [6, 6.07) is 4.30. The first kappa shape index (κ1) is 13.8. The van der Waals surface area contributed by atoms with Crippen LogP contribution >= 0.6 is 0 Å². The molecule has 0 aromatic carbocycles. The molecule has 5 heteroatoms. The number of hydrogen-bond acceptors (Lipinski definition) is 4. The molecule has 2 aromatic rings. The van der Waals surface area contributed by atoms with E-state index in [0.717, 1.165) is 24.4 Å². The minimum atomic E-state index is 0.410. The molecule has 0 fully saturated rings. The fourth-order valence-electron chi connectivity index (χ4n) is 2.29. The van der Waals surface area contributed by atoms with Crippen molar-refractivity contribution in [2.24, 2.45) is 5.92 Å². The summed E-state index contributed by atoms with van der Waals surface area (Å²) < 4.78 is 1.77. The van der Waals surface area contributed by atoms with Gasteiger partial charge in [-0.3, -0.25) is 0 Å². The molecular weight excluding hydrogens is 238 g/mol. The van der Waals surface area contributed by atoms with E-state index in [1.807, 2.05) is 18.3 Å². The first-order chi connectivity index (χ1) is 9.04. The van der Waals surface area contributed by atoms with Gasteiger partial charge in [0.1, 0.15) is 5.82 Å². The molecule has 2 heterocycles. The lowest BCUT2D eigenvalue weighted by atomic mass is 10.0. The van der Waals surface area contributed by atoms with E-state index < -0.39 is 0 Å². The third-order valence-corrected chi connectivity index (χ3v) is 2.95. The van der Waals surface area contributed by atoms with Gasteiger partial charge >= 0.3 is 0 Å². The van der Waals surface area contributed by atoms with Crippen LogP contribution in [0.1, 0.15) is 20.3 Å². The summed E-state index contributed by atoms with van der Waals surface area (Å²) in [5.74, 6) is 1.58. The number of hydrogen-bond donors (Lipinski definition) is 1. The highest BCUT2D eigenvalue weighted by Gasteiger charge is 2.12. The maximum atomic E-state index is 4.56. The van der Waals surface area contributed by atoms with Crippen LogP contribution in [-0.4, -0.2) is 46.2 Å². The van der Waals surface area contributed by atoms with Crippen molar-refractivity contribution in [2.45, 2.75) is 26.3 Å². The van der Waals surface area contributed by atoms with Gasteiger partial charge in [-0.05, 0) is 32.5 Å². The Morgan fingerprint density at radius 1 is 1.32 bits per heavy atom. The van der Waals surface area contributed by atoms with Gasteiger partial charge in [-0.2, -0.15) is 5.10 Å². The second kappa shape index (κ2) is 6.02. The van der Waals surface area contributed by atoms with Crippen molar-refractivity contribution >= 4 is 11.5 Å². The van der Waals surface area contributed by atoms with Gasteiger partial charge in [0.2, 0.25) is 0 Å². The van der Waals surface area contributed by atoms with Gasteiger partial charge in [-0.1, -0.05) is 13.8 Å². The average Bonchev–Trinajstić information content (AvgIpc) is 2.74. The lowest BCUT2D eigenvalue weighted by molar-refractivity contribution is 0.356. The smallest absolute Gasteiger partial charge is 0.157 e. The third-order valence-electron chi connectivity index (χ3n) is 2.95. The number of nitrogens with zero attached hydrogens (tertiary/aromatic N) is 4. The molecule has 2 aromatic heterocycles. The Hall–Kier alpha value is -1.62. The van der Waals surface area contributed by atoms with Gasteiger partial charge in [0.25, 0.3) is 0 Å². The predicted octanol–water partition coefficient (Wildman–Crippen LogP) is 2.12. The largest absolute Gasteiger partial charge is 0.366 e. The Bertz CT molecular complexity index is 507. The van der Waals surface area contributed by atoms with Crippen molar-refractivity contribution < 1.29 is 0 Å². The van der Waals surface area contributed by atoms with Crippen LogP contribution in [0.4, 0.5) is 5.82 Å². The highest BCUT2D eigenvalue weighted by atomic mass is 15.2. The monoisotopic (exact) mass is 261 g/mol. The van der Waals surface area contributed by atoms with Gasteiger partial charge in [-0.25, -0.2) is 9.50 Å². The van der Waals surface area contributed by atoms with Gasteiger partial charge in [0.05, 0.1) is 6.20 Å². The second-order valence-electron chi connectivity index (χ2n) is 5.68. The molecule has 0 radical (unpaired) electrons. The molecule has 1 atom stereocenters. The van der Waals surface area contributed by atoms with E-state index >= 15 is 0 Å². The molecule has 0 bridgehead atoms. The van der Waals surface area contributed by atoms with Crippen molar-refractivity contribution in [3.05, 3.63) is 24.5 Å². The average molecular weight is 261 g/mol. The lowest BCUT2D eigenvalue weighted by Gasteiger charge is -2.24. The molecule has 0 aliphatic carbocycles. The normalized spacial score (nSPS) is 13.4. The molecule has 0 amide bonds. The third kappa shape index (κ3) is 3.92. The Balaban J connectivity index is 2.10. The maximum absolute atomic E-state index is 4.56. The van der Waals surface area contributed by atoms with Crippen LogP contribution in [0, 0.1) is 5.92 Å². The molecule has 0 aliphatic heterocycles. The number of rotatable bonds is 6. The second-order valence-corrected chi connectivity index (χ2v) is 5.68. The number of likely N-dealkylation sites (N-methyl/N-ethyl adjacent to an activating group) is 1. The molecule has 1 unspecified atom stereocenters. The Morgan fingerprint density at radius 3 is 2.79 bits per heavy atom. The number of nitrogens with one attached hydrogen (secondary N) is 1. The van der Waals surface area contributed by atoms with Gasteiger partial charge < -0.3 is 10.2 Å². The SMILES string of the molecule is CC(C)CC(CN(C)C)Nc1ccn2nccc2n1. The molecule has 5 nitrogen and oxygen atoms in total. The highest BCUT2D eigenvalue weighted by Crippen LogP contribution is 2.12. The predicted molar refractivity (Wildman–Crippen MR) is 78.4 cm³/mol. The van der Waals surface area contributed by atoms with Crippen LogP contribution in [0.25, 0.3) is 5.65 Å². The van der Waals surface area contributed by atoms with Crippen LogP contribution < -0.4 is 5.32 Å². The lowest BCUT2D eigenvalue weighted by Crippen LogP contribution is -2.33. The maximum Gasteiger partial charge on any atom is 0.157 e. The molecule has 1 N–H and O–H groups in total. The van der Waals surface area contributed by atoms with Gasteiger partial charge in [-0.15, -0.1) is 0 Å². The fourth-order valence-corrected chi connectivity index (χ4v) is 2.29. The summed E-state index contributed by atoms with van der Waals surface area (Å²) >= 11 is 0. The quantitative estimate of drug-likeness (QED) is 0.865. The molecule has 0 aliphatic rings. The number of anilines is 1. The Morgan fingerprint density at radius 2 is 2.11 bits per heavy atom. The van der Waals surface area contributed by atoms with E-state index in [0.29, 0.717) is 12.0 Å². The summed E-state index contributed by atoms with van der Waals surface area (Å²) in [6.07, 6.45) is 4.83. The van der Waals surface area contributed by atoms with Gasteiger partial charge in [0, 0.05) is 24.8 Å². The summed E-state index contributed by atoms with van der Waals surface area (Å²) in [5.41, 5.74) is 0.873. The van der Waals surface area contributed by atoms with Crippen LogP contribution in [-0.2, 0) is 0 Å². The molecule has 19 heavy (non-hydrogen) atoms. The minimum Gasteiger partial charge on any atom is -0.366 e. The van der Waals surface area contributed by atoms with Crippen molar-refractivity contribution in [3.8, 4) is 0 Å². The number of fused-ring (bicyclic) bond motifs is 1. The van der Waals surface area contributed by atoms with Crippen molar-refractivity contribution in [3.63, 3.8) is 0 Å². The zero-order chi connectivity index (χ0) is 13.8. The first-order valence-corrected chi connectivity index (χ1v) is 6.76. The zero-order valence-corrected chi connectivity index (χ0v) is 12.2. The van der Waals surface area contributed by atoms with Crippen molar-refractivity contribution in [1.82, 2.24) is 19.5 Å². The summed E-state index contributed by atoms with van der Waals surface area (Å²) in [6.45, 7) is 5.50. The van der Waals surface area contributed by atoms with Crippen molar-refractivity contribution in [1.29, 1.82) is 0 Å². The van der Waals surface area contributed by atoms with E-state index in [2.05, 4.69) is 48.2 Å². The summed E-state index contributed by atoms with van der Waals surface area (Å²) in [4.78, 5) is 6.77. The van der Waals surface area contributed by atoms with E-state index in [4.69, 9.17) is 0 Å². The fraction of sp³-hybridized carbons (Fsp3) is 0.571. The van der Waals surface area contributed by atoms with Crippen LogP contribution in [0.2, 0.25) is 0 Å². The molecule has 0 saturated carbocycles. The van der Waals surface area contributed by atoms with Crippen molar-refractivity contribution in [2.75, 3.05) is 26.0 Å². The number of aromatic nitrogens is 3. The summed E-state index contributed by atoms with van der Waals surface area (Å²) in [5, 5.41) is 7.68. The standard InChI is InChI=1S/C14H23N5/c1-11(2)9-12(10-18(3)4)16-13-6-8-19-14(17-13)5-7-15-19/h5-8,11-12H,9-10H2,1-4H3,(H,16,17). The summed E-state index contributed by atoms with van der Waals surface area (Å²) in [7, 11) is 4.20. The van der Waals surface area contributed by atoms with E-state index in [-0.39, 0.29) is 0 Å². The highest BCUT2D eigenvalue weighted by molar-refractivity contribution is 5.45. The Labute approximate surface area is 114 Å². The Kier molecular flexibility index (Phi) is 4.37. The van der Waals surface area contributed by atoms with Gasteiger partial charge in [0.15, 0.2) is 5.65 Å². The topological polar surface area (TPSA) is 45.5 Å². The minimum absolute atomic E-state index is 0.410. The molecule has 0 saturated heterocycles. The zero-order valence-electron chi connectivity index (χ0n) is 12.2. The van der Waals surface area contributed by atoms with E-state index in [1.165, 1.54) is 0 Å². The van der Waals surface area contributed by atoms with Crippen LogP contribution in [0.15, 0.2) is 24.5 Å². The molecular formula is C14H23N5. The molecule has 0 spiro atoms. The van der Waals surface area contributed by atoms with E-state index in [9.17, 15) is 0 Å².